The van der Waals surface area contributed by atoms with E-state index in [0.29, 0.717) is 18.2 Å². The van der Waals surface area contributed by atoms with Crippen LogP contribution in [0.3, 0.4) is 0 Å². The highest BCUT2D eigenvalue weighted by Crippen LogP contribution is 2.22. The largest absolute Gasteiger partial charge is 0.491 e. The maximum atomic E-state index is 11.8. The molecule has 1 aliphatic heterocycles. The summed E-state index contributed by atoms with van der Waals surface area (Å²) in [6, 6.07) is 7.73. The summed E-state index contributed by atoms with van der Waals surface area (Å²) < 4.78 is 5.72. The van der Waals surface area contributed by atoms with E-state index in [9.17, 15) is 4.79 Å². The first-order valence-corrected chi connectivity index (χ1v) is 8.54. The number of carbonyl (C=O) groups is 1. The molecule has 6 heteroatoms. The van der Waals surface area contributed by atoms with E-state index in [-0.39, 0.29) is 11.9 Å². The number of ether oxygens (including phenoxy) is 1. The Morgan fingerprint density at radius 1 is 1.22 bits per heavy atom. The maximum Gasteiger partial charge on any atom is 0.234 e. The van der Waals surface area contributed by atoms with Crippen LogP contribution in [0.5, 0.6) is 5.75 Å². The molecule has 1 aromatic rings. The molecule has 0 unspecified atom stereocenters. The molecule has 0 atom stereocenters. The molecular formula is C17H26ClN3O2. The summed E-state index contributed by atoms with van der Waals surface area (Å²) in [6.45, 7) is 9.69. The summed E-state index contributed by atoms with van der Waals surface area (Å²) >= 11 is 6.07. The quantitative estimate of drug-likeness (QED) is 0.823. The minimum atomic E-state index is 0.107. The van der Waals surface area contributed by atoms with E-state index in [1.807, 2.05) is 38.1 Å². The molecule has 1 N–H and O–H groups in total. The number of hydrogen-bond acceptors (Lipinski definition) is 4. The molecule has 1 aliphatic rings. The van der Waals surface area contributed by atoms with Gasteiger partial charge in [0, 0.05) is 38.8 Å². The first-order chi connectivity index (χ1) is 11.0. The molecule has 1 aromatic carbocycles. The predicted molar refractivity (Wildman–Crippen MR) is 93.1 cm³/mol. The van der Waals surface area contributed by atoms with Crippen LogP contribution in [0.2, 0.25) is 5.02 Å². The smallest absolute Gasteiger partial charge is 0.234 e. The third-order valence-electron chi connectivity index (χ3n) is 3.78. The normalized spacial score (nSPS) is 16.5. The monoisotopic (exact) mass is 339 g/mol. The number of para-hydroxylation sites is 1. The van der Waals surface area contributed by atoms with E-state index in [0.717, 1.165) is 38.5 Å². The van der Waals surface area contributed by atoms with Crippen molar-refractivity contribution in [2.45, 2.75) is 19.9 Å². The summed E-state index contributed by atoms with van der Waals surface area (Å²) in [5, 5.41) is 3.58. The minimum Gasteiger partial charge on any atom is -0.491 e. The Labute approximate surface area is 143 Å². The van der Waals surface area contributed by atoms with Crippen LogP contribution in [-0.2, 0) is 4.79 Å². The van der Waals surface area contributed by atoms with Gasteiger partial charge in [-0.15, -0.1) is 0 Å². The first-order valence-electron chi connectivity index (χ1n) is 8.16. The number of piperazine rings is 1. The fourth-order valence-corrected chi connectivity index (χ4v) is 2.78. The summed E-state index contributed by atoms with van der Waals surface area (Å²) in [5.74, 6) is 0.841. The Kier molecular flexibility index (Phi) is 7.15. The lowest BCUT2D eigenvalue weighted by Gasteiger charge is -2.34. The highest BCUT2D eigenvalue weighted by Gasteiger charge is 2.19. The van der Waals surface area contributed by atoms with Crippen LogP contribution >= 0.6 is 11.6 Å². The van der Waals surface area contributed by atoms with Crippen molar-refractivity contribution in [1.29, 1.82) is 0 Å². The second kappa shape index (κ2) is 9.11. The highest BCUT2D eigenvalue weighted by molar-refractivity contribution is 6.32. The molecule has 0 saturated carbocycles. The van der Waals surface area contributed by atoms with Crippen molar-refractivity contribution < 1.29 is 9.53 Å². The van der Waals surface area contributed by atoms with Crippen molar-refractivity contribution >= 4 is 17.5 Å². The van der Waals surface area contributed by atoms with Crippen LogP contribution in [0.1, 0.15) is 13.8 Å². The van der Waals surface area contributed by atoms with E-state index in [2.05, 4.69) is 15.1 Å². The molecule has 2 rings (SSSR count). The third kappa shape index (κ3) is 6.37. The van der Waals surface area contributed by atoms with E-state index < -0.39 is 0 Å². The molecule has 0 bridgehead atoms. The predicted octanol–water partition coefficient (Wildman–Crippen LogP) is 1.86. The van der Waals surface area contributed by atoms with Gasteiger partial charge in [0.1, 0.15) is 12.4 Å². The average Bonchev–Trinajstić information content (AvgIpc) is 2.50. The maximum absolute atomic E-state index is 11.8. The van der Waals surface area contributed by atoms with Crippen molar-refractivity contribution in [3.05, 3.63) is 29.3 Å². The molecule has 1 saturated heterocycles. The third-order valence-corrected chi connectivity index (χ3v) is 4.10. The van der Waals surface area contributed by atoms with Crippen LogP contribution in [0.15, 0.2) is 24.3 Å². The Balaban J connectivity index is 1.63. The van der Waals surface area contributed by atoms with E-state index in [4.69, 9.17) is 16.3 Å². The van der Waals surface area contributed by atoms with Gasteiger partial charge in [-0.05, 0) is 26.0 Å². The number of carbonyl (C=O) groups excluding carboxylic acids is 1. The first kappa shape index (κ1) is 18.0. The Morgan fingerprint density at radius 2 is 1.87 bits per heavy atom. The Hall–Kier alpha value is -1.30. The number of hydrogen-bond donors (Lipinski definition) is 1. The SMILES string of the molecule is CC(C)NC(=O)CN1CCN(CCOc2ccccc2Cl)CC1. The molecule has 0 spiro atoms. The molecule has 1 heterocycles. The minimum absolute atomic E-state index is 0.107. The summed E-state index contributed by atoms with van der Waals surface area (Å²) in [5.41, 5.74) is 0. The molecule has 0 radical (unpaired) electrons. The van der Waals surface area contributed by atoms with E-state index in [1.54, 1.807) is 0 Å². The van der Waals surface area contributed by atoms with Crippen LogP contribution in [0.25, 0.3) is 0 Å². The van der Waals surface area contributed by atoms with Crippen molar-refractivity contribution in [1.82, 2.24) is 15.1 Å². The number of nitrogens with one attached hydrogen (secondary N) is 1. The number of nitrogens with zero attached hydrogens (tertiary/aromatic N) is 2. The molecule has 23 heavy (non-hydrogen) atoms. The number of rotatable bonds is 7. The van der Waals surface area contributed by atoms with Crippen LogP contribution in [-0.4, -0.2) is 67.6 Å². The number of halogens is 1. The second-order valence-electron chi connectivity index (χ2n) is 6.12. The van der Waals surface area contributed by atoms with Crippen molar-refractivity contribution in [2.75, 3.05) is 45.9 Å². The van der Waals surface area contributed by atoms with Crippen LogP contribution in [0, 0.1) is 0 Å². The zero-order valence-electron chi connectivity index (χ0n) is 13.9. The van der Waals surface area contributed by atoms with Gasteiger partial charge < -0.3 is 10.1 Å². The van der Waals surface area contributed by atoms with Gasteiger partial charge in [-0.25, -0.2) is 0 Å². The summed E-state index contributed by atoms with van der Waals surface area (Å²) in [7, 11) is 0. The topological polar surface area (TPSA) is 44.8 Å². The average molecular weight is 340 g/mol. The molecule has 1 amide bonds. The number of amides is 1. The van der Waals surface area contributed by atoms with Gasteiger partial charge >= 0.3 is 0 Å². The zero-order valence-corrected chi connectivity index (χ0v) is 14.7. The van der Waals surface area contributed by atoms with Crippen LogP contribution < -0.4 is 10.1 Å². The van der Waals surface area contributed by atoms with Gasteiger partial charge in [-0.2, -0.15) is 0 Å². The van der Waals surface area contributed by atoms with Gasteiger partial charge in [0.15, 0.2) is 0 Å². The number of benzene rings is 1. The van der Waals surface area contributed by atoms with Crippen LogP contribution in [0.4, 0.5) is 0 Å². The fourth-order valence-electron chi connectivity index (χ4n) is 2.59. The van der Waals surface area contributed by atoms with Gasteiger partial charge in [-0.3, -0.25) is 14.6 Å². The second-order valence-corrected chi connectivity index (χ2v) is 6.53. The summed E-state index contributed by atoms with van der Waals surface area (Å²) in [6.07, 6.45) is 0. The van der Waals surface area contributed by atoms with E-state index >= 15 is 0 Å². The molecule has 128 valence electrons. The highest BCUT2D eigenvalue weighted by atomic mass is 35.5. The summed E-state index contributed by atoms with van der Waals surface area (Å²) in [4.78, 5) is 16.3. The van der Waals surface area contributed by atoms with Gasteiger partial charge in [-0.1, -0.05) is 23.7 Å². The van der Waals surface area contributed by atoms with Gasteiger partial charge in [0.25, 0.3) is 0 Å². The lowest BCUT2D eigenvalue weighted by molar-refractivity contribution is -0.123. The lowest BCUT2D eigenvalue weighted by atomic mass is 10.3. The molecule has 0 aromatic heterocycles. The van der Waals surface area contributed by atoms with Crippen molar-refractivity contribution in [3.8, 4) is 5.75 Å². The van der Waals surface area contributed by atoms with Crippen molar-refractivity contribution in [2.24, 2.45) is 0 Å². The standard InChI is InChI=1S/C17H26ClN3O2/c1-14(2)19-17(22)13-21-9-7-20(8-10-21)11-12-23-16-6-4-3-5-15(16)18/h3-6,14H,7-13H2,1-2H3,(H,19,22). The molecule has 5 nitrogen and oxygen atoms in total. The Bertz CT molecular complexity index is 502. The van der Waals surface area contributed by atoms with Crippen molar-refractivity contribution in [3.63, 3.8) is 0 Å². The van der Waals surface area contributed by atoms with Gasteiger partial charge in [0.2, 0.25) is 5.91 Å². The fraction of sp³-hybridized carbons (Fsp3) is 0.588. The molecule has 1 fully saturated rings. The van der Waals surface area contributed by atoms with E-state index in [1.165, 1.54) is 0 Å². The Morgan fingerprint density at radius 3 is 2.52 bits per heavy atom. The molecule has 0 aliphatic carbocycles. The zero-order chi connectivity index (χ0) is 16.7. The van der Waals surface area contributed by atoms with Gasteiger partial charge in [0.05, 0.1) is 11.6 Å². The molecular weight excluding hydrogens is 314 g/mol. The lowest BCUT2D eigenvalue weighted by Crippen LogP contribution is -2.50.